The zero-order chi connectivity index (χ0) is 17.5. The highest BCUT2D eigenvalue weighted by Crippen LogP contribution is 2.23. The van der Waals surface area contributed by atoms with E-state index in [9.17, 15) is 9.59 Å². The van der Waals surface area contributed by atoms with Crippen LogP contribution in [0.15, 0.2) is 42.5 Å². The number of hydrogen-bond acceptors (Lipinski definition) is 4. The summed E-state index contributed by atoms with van der Waals surface area (Å²) in [5.74, 6) is -0.171. The van der Waals surface area contributed by atoms with Gasteiger partial charge in [-0.1, -0.05) is 23.7 Å². The van der Waals surface area contributed by atoms with Gasteiger partial charge in [0.05, 0.1) is 23.3 Å². The highest BCUT2D eigenvalue weighted by atomic mass is 35.5. The number of benzene rings is 2. The molecule has 0 fully saturated rings. The van der Waals surface area contributed by atoms with Gasteiger partial charge in [0.2, 0.25) is 0 Å². The molecule has 126 valence electrons. The molecular formula is C17H18ClN3O3. The van der Waals surface area contributed by atoms with Gasteiger partial charge in [0.25, 0.3) is 11.8 Å². The molecule has 0 atom stereocenters. The molecule has 7 heteroatoms. The summed E-state index contributed by atoms with van der Waals surface area (Å²) in [4.78, 5) is 24.2. The van der Waals surface area contributed by atoms with Gasteiger partial charge < -0.3 is 21.1 Å². The number of hydrogen-bond donors (Lipinski definition) is 3. The van der Waals surface area contributed by atoms with Crippen LogP contribution in [0.25, 0.3) is 0 Å². The predicted octanol–water partition coefficient (Wildman–Crippen LogP) is 2.29. The van der Waals surface area contributed by atoms with Crippen LogP contribution in [0.1, 0.15) is 20.7 Å². The van der Waals surface area contributed by atoms with E-state index in [1.54, 1.807) is 36.4 Å². The summed E-state index contributed by atoms with van der Waals surface area (Å²) in [7, 11) is 1.50. The van der Waals surface area contributed by atoms with Crippen LogP contribution in [0.5, 0.6) is 5.75 Å². The first-order valence-electron chi connectivity index (χ1n) is 7.29. The predicted molar refractivity (Wildman–Crippen MR) is 93.8 cm³/mol. The van der Waals surface area contributed by atoms with Crippen LogP contribution in [0.3, 0.4) is 0 Å². The Kier molecular flexibility index (Phi) is 6.17. The van der Waals surface area contributed by atoms with Crippen molar-refractivity contribution in [3.8, 4) is 5.75 Å². The largest absolute Gasteiger partial charge is 0.496 e. The standard InChI is InChI=1S/C17H18ClN3O3/c1-24-15-5-3-2-4-13(15)17(23)21-11-6-7-12(14(18)10-11)16(22)20-9-8-19/h2-7,10H,8-9,19H2,1H3,(H,20,22)(H,21,23). The molecule has 0 aliphatic rings. The number of halogens is 1. The molecular weight excluding hydrogens is 330 g/mol. The number of para-hydroxylation sites is 1. The van der Waals surface area contributed by atoms with E-state index >= 15 is 0 Å². The molecule has 0 aliphatic heterocycles. The van der Waals surface area contributed by atoms with Crippen LogP contribution in [0.4, 0.5) is 5.69 Å². The van der Waals surface area contributed by atoms with E-state index in [1.165, 1.54) is 13.2 Å². The van der Waals surface area contributed by atoms with E-state index in [-0.39, 0.29) is 16.8 Å². The Hall–Kier alpha value is -2.57. The van der Waals surface area contributed by atoms with Gasteiger partial charge in [0.1, 0.15) is 5.75 Å². The van der Waals surface area contributed by atoms with E-state index in [4.69, 9.17) is 22.1 Å². The lowest BCUT2D eigenvalue weighted by Gasteiger charge is -2.11. The highest BCUT2D eigenvalue weighted by molar-refractivity contribution is 6.34. The van der Waals surface area contributed by atoms with Gasteiger partial charge in [-0.15, -0.1) is 0 Å². The smallest absolute Gasteiger partial charge is 0.259 e. The number of rotatable bonds is 6. The minimum atomic E-state index is -0.330. The zero-order valence-electron chi connectivity index (χ0n) is 13.1. The Morgan fingerprint density at radius 3 is 2.54 bits per heavy atom. The fraction of sp³-hybridized carbons (Fsp3) is 0.176. The first kappa shape index (κ1) is 17.8. The Morgan fingerprint density at radius 2 is 1.88 bits per heavy atom. The molecule has 24 heavy (non-hydrogen) atoms. The van der Waals surface area contributed by atoms with E-state index in [2.05, 4.69) is 10.6 Å². The lowest BCUT2D eigenvalue weighted by molar-refractivity contribution is 0.0954. The second-order valence-electron chi connectivity index (χ2n) is 4.89. The maximum atomic E-state index is 12.3. The summed E-state index contributed by atoms with van der Waals surface area (Å²) in [6.45, 7) is 0.706. The van der Waals surface area contributed by atoms with Crippen LogP contribution in [0, 0.1) is 0 Å². The third-order valence-electron chi connectivity index (χ3n) is 3.25. The van der Waals surface area contributed by atoms with Crippen molar-refractivity contribution in [3.63, 3.8) is 0 Å². The minimum Gasteiger partial charge on any atom is -0.496 e. The van der Waals surface area contributed by atoms with Gasteiger partial charge in [-0.25, -0.2) is 0 Å². The van der Waals surface area contributed by atoms with Crippen molar-refractivity contribution in [2.75, 3.05) is 25.5 Å². The van der Waals surface area contributed by atoms with Crippen LogP contribution in [-0.2, 0) is 0 Å². The van der Waals surface area contributed by atoms with Gasteiger partial charge in [-0.3, -0.25) is 9.59 Å². The third kappa shape index (κ3) is 4.24. The number of nitrogens with one attached hydrogen (secondary N) is 2. The van der Waals surface area contributed by atoms with Crippen molar-refractivity contribution in [1.82, 2.24) is 5.32 Å². The molecule has 2 aromatic carbocycles. The number of methoxy groups -OCH3 is 1. The maximum absolute atomic E-state index is 12.3. The monoisotopic (exact) mass is 347 g/mol. The quantitative estimate of drug-likeness (QED) is 0.747. The van der Waals surface area contributed by atoms with E-state index < -0.39 is 0 Å². The summed E-state index contributed by atoms with van der Waals surface area (Å²) >= 11 is 6.12. The summed E-state index contributed by atoms with van der Waals surface area (Å²) < 4.78 is 5.17. The van der Waals surface area contributed by atoms with Crippen molar-refractivity contribution in [1.29, 1.82) is 0 Å². The molecule has 0 unspecified atom stereocenters. The summed E-state index contributed by atoms with van der Waals surface area (Å²) in [5, 5.41) is 5.60. The number of carbonyl (C=O) groups excluding carboxylic acids is 2. The number of ether oxygens (including phenoxy) is 1. The number of nitrogens with two attached hydrogens (primary N) is 1. The lowest BCUT2D eigenvalue weighted by atomic mass is 10.1. The lowest BCUT2D eigenvalue weighted by Crippen LogP contribution is -2.29. The van der Waals surface area contributed by atoms with Crippen molar-refractivity contribution in [3.05, 3.63) is 58.6 Å². The number of carbonyl (C=O) groups is 2. The average molecular weight is 348 g/mol. The second kappa shape index (κ2) is 8.33. The molecule has 6 nitrogen and oxygen atoms in total. The number of amides is 2. The minimum absolute atomic E-state index is 0.238. The zero-order valence-corrected chi connectivity index (χ0v) is 13.9. The molecule has 0 saturated carbocycles. The summed E-state index contributed by atoms with van der Waals surface area (Å²) in [6, 6.07) is 11.6. The van der Waals surface area contributed by atoms with E-state index in [1.807, 2.05) is 0 Å². The van der Waals surface area contributed by atoms with Crippen LogP contribution in [0.2, 0.25) is 5.02 Å². The van der Waals surface area contributed by atoms with Gasteiger partial charge in [-0.05, 0) is 30.3 Å². The maximum Gasteiger partial charge on any atom is 0.259 e. The van der Waals surface area contributed by atoms with Crippen molar-refractivity contribution in [2.45, 2.75) is 0 Å². The molecule has 2 amide bonds. The topological polar surface area (TPSA) is 93.4 Å². The molecule has 2 rings (SSSR count). The Morgan fingerprint density at radius 1 is 1.12 bits per heavy atom. The van der Waals surface area contributed by atoms with Gasteiger partial charge in [0, 0.05) is 18.8 Å². The molecule has 0 heterocycles. The Bertz CT molecular complexity index is 750. The fourth-order valence-electron chi connectivity index (χ4n) is 2.09. The van der Waals surface area contributed by atoms with Crippen LogP contribution in [-0.4, -0.2) is 32.0 Å². The molecule has 0 aromatic heterocycles. The number of anilines is 1. The molecule has 0 spiro atoms. The Labute approximate surface area is 144 Å². The van der Waals surface area contributed by atoms with Crippen LogP contribution < -0.4 is 21.1 Å². The SMILES string of the molecule is COc1ccccc1C(=O)Nc1ccc(C(=O)NCCN)c(Cl)c1. The summed E-state index contributed by atoms with van der Waals surface area (Å²) in [6.07, 6.45) is 0. The molecule has 4 N–H and O–H groups in total. The first-order chi connectivity index (χ1) is 11.6. The normalized spacial score (nSPS) is 10.1. The third-order valence-corrected chi connectivity index (χ3v) is 3.57. The highest BCUT2D eigenvalue weighted by Gasteiger charge is 2.14. The van der Waals surface area contributed by atoms with Crippen molar-refractivity contribution >= 4 is 29.1 Å². The van der Waals surface area contributed by atoms with Gasteiger partial charge in [0.15, 0.2) is 0 Å². The van der Waals surface area contributed by atoms with Gasteiger partial charge in [-0.2, -0.15) is 0 Å². The Balaban J connectivity index is 2.15. The molecule has 0 aliphatic carbocycles. The fourth-order valence-corrected chi connectivity index (χ4v) is 2.35. The molecule has 0 bridgehead atoms. The molecule has 2 aromatic rings. The average Bonchev–Trinajstić information content (AvgIpc) is 2.59. The van der Waals surface area contributed by atoms with Crippen molar-refractivity contribution in [2.24, 2.45) is 5.73 Å². The second-order valence-corrected chi connectivity index (χ2v) is 5.30. The van der Waals surface area contributed by atoms with Crippen LogP contribution >= 0.6 is 11.6 Å². The van der Waals surface area contributed by atoms with E-state index in [0.717, 1.165) is 0 Å². The van der Waals surface area contributed by atoms with E-state index in [0.29, 0.717) is 35.7 Å². The molecule has 0 saturated heterocycles. The van der Waals surface area contributed by atoms with Gasteiger partial charge >= 0.3 is 0 Å². The summed E-state index contributed by atoms with van der Waals surface area (Å²) in [5.41, 5.74) is 6.55. The van der Waals surface area contributed by atoms with Crippen molar-refractivity contribution < 1.29 is 14.3 Å². The first-order valence-corrected chi connectivity index (χ1v) is 7.66. The molecule has 0 radical (unpaired) electrons.